The Bertz CT molecular complexity index is 408. The van der Waals surface area contributed by atoms with Crippen molar-refractivity contribution in [3.63, 3.8) is 0 Å². The minimum Gasteiger partial charge on any atom is -0.447 e. The first kappa shape index (κ1) is 14.8. The summed E-state index contributed by atoms with van der Waals surface area (Å²) in [7, 11) is 0. The summed E-state index contributed by atoms with van der Waals surface area (Å²) in [6.07, 6.45) is 4.17. The Morgan fingerprint density at radius 3 is 2.57 bits per heavy atom. The fourth-order valence-electron chi connectivity index (χ4n) is 3.52. The molecule has 2 aliphatic heterocycles. The molecule has 0 aromatic rings. The van der Waals surface area contributed by atoms with Gasteiger partial charge in [0.25, 0.3) is 0 Å². The Kier molecular flexibility index (Phi) is 4.17. The summed E-state index contributed by atoms with van der Waals surface area (Å²) in [5.41, 5.74) is 0. The fourth-order valence-corrected chi connectivity index (χ4v) is 3.52. The summed E-state index contributed by atoms with van der Waals surface area (Å²) in [5, 5.41) is 0. The van der Waals surface area contributed by atoms with Crippen LogP contribution in [-0.4, -0.2) is 48.5 Å². The maximum Gasteiger partial charge on any atom is 0.416 e. The van der Waals surface area contributed by atoms with Gasteiger partial charge in [0.15, 0.2) is 5.79 Å². The number of carbonyl (C=O) groups excluding carboxylic acids is 2. The quantitative estimate of drug-likeness (QED) is 0.798. The molecule has 0 unspecified atom stereocenters. The number of ether oxygens (including phenoxy) is 3. The lowest BCUT2D eigenvalue weighted by Gasteiger charge is -2.35. The molecule has 0 aromatic carbocycles. The summed E-state index contributed by atoms with van der Waals surface area (Å²) in [5.74, 6) is -0.182. The summed E-state index contributed by atoms with van der Waals surface area (Å²) < 4.78 is 16.4. The first-order chi connectivity index (χ1) is 10.1. The van der Waals surface area contributed by atoms with E-state index in [1.165, 1.54) is 4.90 Å². The molecule has 118 valence electrons. The van der Waals surface area contributed by atoms with E-state index in [1.807, 2.05) is 6.92 Å². The molecule has 1 aliphatic carbocycles. The molecule has 3 fully saturated rings. The molecule has 3 rings (SSSR count). The SMILES string of the molecule is CC[C@H]1COC(=O)N1C(=O)CC1CCC2(CC1)OCCO2. The zero-order valence-corrected chi connectivity index (χ0v) is 12.5. The van der Waals surface area contributed by atoms with Gasteiger partial charge in [0.1, 0.15) is 6.61 Å². The van der Waals surface area contributed by atoms with Crippen LogP contribution in [0.2, 0.25) is 0 Å². The monoisotopic (exact) mass is 297 g/mol. The Balaban J connectivity index is 1.53. The molecule has 6 heteroatoms. The van der Waals surface area contributed by atoms with Crippen LogP contribution in [0.1, 0.15) is 45.4 Å². The van der Waals surface area contributed by atoms with Gasteiger partial charge in [-0.05, 0) is 25.2 Å². The lowest BCUT2D eigenvalue weighted by atomic mass is 9.83. The van der Waals surface area contributed by atoms with Crippen molar-refractivity contribution in [2.45, 2.75) is 57.3 Å². The molecule has 1 atom stereocenters. The molecule has 2 amide bonds. The normalized spacial score (nSPS) is 29.1. The third-order valence-electron chi connectivity index (χ3n) is 4.84. The zero-order valence-electron chi connectivity index (χ0n) is 12.5. The van der Waals surface area contributed by atoms with E-state index in [0.29, 0.717) is 32.2 Å². The predicted octanol–water partition coefficient (Wildman–Crippen LogP) is 2.07. The van der Waals surface area contributed by atoms with Gasteiger partial charge in [0.2, 0.25) is 5.91 Å². The van der Waals surface area contributed by atoms with Crippen molar-refractivity contribution in [3.05, 3.63) is 0 Å². The van der Waals surface area contributed by atoms with Gasteiger partial charge in [0, 0.05) is 19.3 Å². The smallest absolute Gasteiger partial charge is 0.416 e. The molecule has 0 bridgehead atoms. The average Bonchev–Trinajstić information content (AvgIpc) is 3.08. The number of hydrogen-bond donors (Lipinski definition) is 0. The Morgan fingerprint density at radius 1 is 1.29 bits per heavy atom. The summed E-state index contributed by atoms with van der Waals surface area (Å²) in [6, 6.07) is -0.0959. The van der Waals surface area contributed by atoms with E-state index in [4.69, 9.17) is 14.2 Å². The molecule has 3 aliphatic rings. The number of rotatable bonds is 3. The van der Waals surface area contributed by atoms with Crippen LogP contribution in [0.15, 0.2) is 0 Å². The van der Waals surface area contributed by atoms with Crippen LogP contribution in [0, 0.1) is 5.92 Å². The van der Waals surface area contributed by atoms with Crippen molar-refractivity contribution in [1.82, 2.24) is 4.90 Å². The molecular weight excluding hydrogens is 274 g/mol. The highest BCUT2D eigenvalue weighted by Crippen LogP contribution is 2.39. The van der Waals surface area contributed by atoms with Crippen molar-refractivity contribution in [1.29, 1.82) is 0 Å². The lowest BCUT2D eigenvalue weighted by molar-refractivity contribution is -0.183. The van der Waals surface area contributed by atoms with Crippen LogP contribution in [0.5, 0.6) is 0 Å². The first-order valence-electron chi connectivity index (χ1n) is 7.90. The highest BCUT2D eigenvalue weighted by atomic mass is 16.7. The van der Waals surface area contributed by atoms with Crippen LogP contribution in [0.25, 0.3) is 0 Å². The number of hydrogen-bond acceptors (Lipinski definition) is 5. The number of amides is 2. The topological polar surface area (TPSA) is 65.1 Å². The second-order valence-corrected chi connectivity index (χ2v) is 6.16. The fraction of sp³-hybridized carbons (Fsp3) is 0.867. The van der Waals surface area contributed by atoms with Crippen LogP contribution in [-0.2, 0) is 19.0 Å². The Morgan fingerprint density at radius 2 is 1.95 bits per heavy atom. The minimum atomic E-state index is -0.485. The zero-order chi connectivity index (χ0) is 14.9. The van der Waals surface area contributed by atoms with Gasteiger partial charge in [-0.3, -0.25) is 4.79 Å². The van der Waals surface area contributed by atoms with Gasteiger partial charge in [0.05, 0.1) is 19.3 Å². The van der Waals surface area contributed by atoms with Gasteiger partial charge < -0.3 is 14.2 Å². The lowest BCUT2D eigenvalue weighted by Crippen LogP contribution is -2.41. The van der Waals surface area contributed by atoms with Crippen molar-refractivity contribution in [2.24, 2.45) is 5.92 Å². The molecule has 2 heterocycles. The predicted molar refractivity (Wildman–Crippen MR) is 73.5 cm³/mol. The van der Waals surface area contributed by atoms with Crippen LogP contribution >= 0.6 is 0 Å². The van der Waals surface area contributed by atoms with E-state index in [-0.39, 0.29) is 11.9 Å². The van der Waals surface area contributed by atoms with E-state index in [9.17, 15) is 9.59 Å². The minimum absolute atomic E-state index is 0.0959. The second kappa shape index (κ2) is 5.93. The maximum absolute atomic E-state index is 12.4. The molecule has 0 aromatic heterocycles. The highest BCUT2D eigenvalue weighted by molar-refractivity contribution is 5.93. The molecule has 2 saturated heterocycles. The number of cyclic esters (lactones) is 1. The number of nitrogens with zero attached hydrogens (tertiary/aromatic N) is 1. The van der Waals surface area contributed by atoms with Crippen LogP contribution in [0.3, 0.4) is 0 Å². The van der Waals surface area contributed by atoms with Gasteiger partial charge >= 0.3 is 6.09 Å². The summed E-state index contributed by atoms with van der Waals surface area (Å²) in [4.78, 5) is 25.4. The molecule has 1 spiro atoms. The highest BCUT2D eigenvalue weighted by Gasteiger charge is 2.42. The number of imide groups is 1. The summed E-state index contributed by atoms with van der Waals surface area (Å²) >= 11 is 0. The third kappa shape index (κ3) is 2.92. The van der Waals surface area contributed by atoms with Crippen LogP contribution < -0.4 is 0 Å². The van der Waals surface area contributed by atoms with E-state index in [0.717, 1.165) is 32.1 Å². The molecule has 0 radical (unpaired) electrons. The van der Waals surface area contributed by atoms with Gasteiger partial charge in [-0.2, -0.15) is 0 Å². The number of carbonyl (C=O) groups is 2. The maximum atomic E-state index is 12.4. The van der Waals surface area contributed by atoms with Gasteiger partial charge in [-0.15, -0.1) is 0 Å². The van der Waals surface area contributed by atoms with Crippen molar-refractivity contribution < 1.29 is 23.8 Å². The Hall–Kier alpha value is -1.14. The van der Waals surface area contributed by atoms with Crippen LogP contribution in [0.4, 0.5) is 4.79 Å². The summed E-state index contributed by atoms with van der Waals surface area (Å²) in [6.45, 7) is 3.63. The standard InChI is InChI=1S/C15H23NO5/c1-2-12-10-19-14(18)16(12)13(17)9-11-3-5-15(6-4-11)20-7-8-21-15/h11-12H,2-10H2,1H3/t12-/m0/s1. The van der Waals surface area contributed by atoms with E-state index in [1.54, 1.807) is 0 Å². The average molecular weight is 297 g/mol. The van der Waals surface area contributed by atoms with Gasteiger partial charge in [-0.1, -0.05) is 6.92 Å². The largest absolute Gasteiger partial charge is 0.447 e. The molecule has 6 nitrogen and oxygen atoms in total. The third-order valence-corrected chi connectivity index (χ3v) is 4.84. The first-order valence-corrected chi connectivity index (χ1v) is 7.90. The van der Waals surface area contributed by atoms with E-state index < -0.39 is 11.9 Å². The molecule has 21 heavy (non-hydrogen) atoms. The molecule has 0 N–H and O–H groups in total. The van der Waals surface area contributed by atoms with Gasteiger partial charge in [-0.25, -0.2) is 9.69 Å². The van der Waals surface area contributed by atoms with Crippen molar-refractivity contribution in [2.75, 3.05) is 19.8 Å². The molecular formula is C15H23NO5. The van der Waals surface area contributed by atoms with E-state index >= 15 is 0 Å². The van der Waals surface area contributed by atoms with Crippen molar-refractivity contribution >= 4 is 12.0 Å². The Labute approximate surface area is 124 Å². The second-order valence-electron chi connectivity index (χ2n) is 6.16. The van der Waals surface area contributed by atoms with E-state index in [2.05, 4.69) is 0 Å². The van der Waals surface area contributed by atoms with Crippen molar-refractivity contribution in [3.8, 4) is 0 Å². The molecule has 1 saturated carbocycles.